The van der Waals surface area contributed by atoms with Crippen molar-refractivity contribution in [2.45, 2.75) is 53.0 Å². The van der Waals surface area contributed by atoms with Gasteiger partial charge in [0.2, 0.25) is 5.91 Å². The Bertz CT molecular complexity index is 422. The zero-order chi connectivity index (χ0) is 13.7. The lowest BCUT2D eigenvalue weighted by Crippen LogP contribution is -2.51. The van der Waals surface area contributed by atoms with Crippen molar-refractivity contribution in [2.75, 3.05) is 0 Å². The van der Waals surface area contributed by atoms with Crippen LogP contribution in [0, 0.1) is 17.3 Å². The predicted molar refractivity (Wildman–Crippen MR) is 70.7 cm³/mol. The van der Waals surface area contributed by atoms with Crippen LogP contribution in [0.25, 0.3) is 0 Å². The monoisotopic (exact) mass is 249 g/mol. The highest BCUT2D eigenvalue weighted by atomic mass is 16.2. The highest BCUT2D eigenvalue weighted by molar-refractivity contribution is 6.05. The van der Waals surface area contributed by atoms with Gasteiger partial charge in [0.1, 0.15) is 0 Å². The molecule has 0 aromatic heterocycles. The molecule has 1 heterocycles. The molecule has 2 aliphatic rings. The summed E-state index contributed by atoms with van der Waals surface area (Å²) in [5.74, 6) is 0.210. The second-order valence-electron chi connectivity index (χ2n) is 6.70. The minimum Gasteiger partial charge on any atom is -0.274 e. The van der Waals surface area contributed by atoms with Crippen LogP contribution in [-0.2, 0) is 9.59 Å². The molecule has 3 heteroatoms. The number of rotatable bonds is 2. The van der Waals surface area contributed by atoms with E-state index in [4.69, 9.17) is 0 Å². The van der Waals surface area contributed by atoms with Gasteiger partial charge in [0, 0.05) is 5.92 Å². The van der Waals surface area contributed by atoms with E-state index in [1.54, 1.807) is 6.08 Å². The second-order valence-corrected chi connectivity index (χ2v) is 6.70. The van der Waals surface area contributed by atoms with E-state index in [1.807, 2.05) is 19.9 Å². The summed E-state index contributed by atoms with van der Waals surface area (Å²) in [6, 6.07) is 0. The predicted octanol–water partition coefficient (Wildman–Crippen LogP) is 2.76. The number of carbonyl (C=O) groups is 2. The first kappa shape index (κ1) is 13.3. The quantitative estimate of drug-likeness (QED) is 0.706. The number of nitrogens with zero attached hydrogens (tertiary/aromatic N) is 1. The summed E-state index contributed by atoms with van der Waals surface area (Å²) in [6.45, 7) is 10.3. The molecule has 1 aliphatic heterocycles. The summed E-state index contributed by atoms with van der Waals surface area (Å²) in [7, 11) is 0. The van der Waals surface area contributed by atoms with Gasteiger partial charge in [-0.3, -0.25) is 14.5 Å². The van der Waals surface area contributed by atoms with Crippen molar-refractivity contribution >= 4 is 11.8 Å². The molecule has 0 spiro atoms. The van der Waals surface area contributed by atoms with Gasteiger partial charge in [-0.05, 0) is 37.2 Å². The Hall–Kier alpha value is -1.12. The second kappa shape index (κ2) is 3.94. The average Bonchev–Trinajstić information content (AvgIpc) is 2.55. The molecule has 3 nitrogen and oxygen atoms in total. The van der Waals surface area contributed by atoms with Crippen molar-refractivity contribution in [3.05, 3.63) is 12.2 Å². The van der Waals surface area contributed by atoms with Crippen molar-refractivity contribution in [3.63, 3.8) is 0 Å². The molecule has 0 N–H and O–H groups in total. The third-order valence-electron chi connectivity index (χ3n) is 5.04. The van der Waals surface area contributed by atoms with E-state index < -0.39 is 0 Å². The van der Waals surface area contributed by atoms with Crippen molar-refractivity contribution in [2.24, 2.45) is 17.3 Å². The fraction of sp³-hybridized carbons (Fsp3) is 0.733. The van der Waals surface area contributed by atoms with E-state index in [9.17, 15) is 9.59 Å². The maximum Gasteiger partial charge on any atom is 0.253 e. The molecule has 100 valence electrons. The summed E-state index contributed by atoms with van der Waals surface area (Å²) in [5.41, 5.74) is -0.418. The first-order valence-corrected chi connectivity index (χ1v) is 6.78. The highest BCUT2D eigenvalue weighted by Gasteiger charge is 2.66. The van der Waals surface area contributed by atoms with Gasteiger partial charge < -0.3 is 0 Å². The van der Waals surface area contributed by atoms with Crippen LogP contribution in [0.5, 0.6) is 0 Å². The summed E-state index contributed by atoms with van der Waals surface area (Å²) in [6.07, 6.45) is 5.26. The van der Waals surface area contributed by atoms with Crippen LogP contribution in [0.4, 0.5) is 0 Å². The van der Waals surface area contributed by atoms with Gasteiger partial charge in [-0.1, -0.05) is 33.8 Å². The number of allylic oxidation sites excluding steroid dienone is 1. The lowest BCUT2D eigenvalue weighted by Gasteiger charge is -2.39. The standard InChI is InChI=1S/C15H23NO2/c1-10(2)6-7-12(17)16-13(18)11-8-9-15(16,5)14(11,3)4/h6-7,10-11H,8-9H2,1-5H3/b7-6+/t11-,15-/m1/s1. The smallest absolute Gasteiger partial charge is 0.253 e. The van der Waals surface area contributed by atoms with Crippen molar-refractivity contribution in [1.29, 1.82) is 0 Å². The van der Waals surface area contributed by atoms with E-state index in [0.29, 0.717) is 5.92 Å². The lowest BCUT2D eigenvalue weighted by atomic mass is 9.75. The molecule has 1 saturated carbocycles. The number of hydrogen-bond acceptors (Lipinski definition) is 2. The molecule has 2 bridgehead atoms. The van der Waals surface area contributed by atoms with Gasteiger partial charge >= 0.3 is 0 Å². The molecule has 1 saturated heterocycles. The zero-order valence-electron chi connectivity index (χ0n) is 12.0. The van der Waals surface area contributed by atoms with E-state index >= 15 is 0 Å². The topological polar surface area (TPSA) is 37.4 Å². The van der Waals surface area contributed by atoms with Gasteiger partial charge in [0.15, 0.2) is 0 Å². The number of imide groups is 1. The zero-order valence-corrected chi connectivity index (χ0v) is 12.0. The molecule has 0 radical (unpaired) electrons. The number of carbonyl (C=O) groups excluding carboxylic acids is 2. The van der Waals surface area contributed by atoms with Crippen molar-refractivity contribution < 1.29 is 9.59 Å². The van der Waals surface area contributed by atoms with Crippen LogP contribution in [0.15, 0.2) is 12.2 Å². The fourth-order valence-electron chi connectivity index (χ4n) is 3.42. The molecule has 0 aromatic carbocycles. The van der Waals surface area contributed by atoms with Gasteiger partial charge in [-0.25, -0.2) is 0 Å². The van der Waals surface area contributed by atoms with Crippen LogP contribution < -0.4 is 0 Å². The maximum absolute atomic E-state index is 12.3. The lowest BCUT2D eigenvalue weighted by molar-refractivity contribution is -0.147. The number of hydrogen-bond donors (Lipinski definition) is 0. The Morgan fingerprint density at radius 2 is 2.00 bits per heavy atom. The molecule has 2 fully saturated rings. The molecule has 1 aliphatic carbocycles. The number of likely N-dealkylation sites (tertiary alicyclic amines) is 1. The minimum absolute atomic E-state index is 0.0129. The van der Waals surface area contributed by atoms with E-state index in [0.717, 1.165) is 12.8 Å². The van der Waals surface area contributed by atoms with Crippen LogP contribution in [-0.4, -0.2) is 22.3 Å². The molecule has 2 rings (SSSR count). The Kier molecular flexibility index (Phi) is 2.91. The van der Waals surface area contributed by atoms with E-state index in [-0.39, 0.29) is 28.7 Å². The summed E-state index contributed by atoms with van der Waals surface area (Å²) in [5, 5.41) is 0. The van der Waals surface area contributed by atoms with Crippen molar-refractivity contribution in [3.8, 4) is 0 Å². The van der Waals surface area contributed by atoms with Gasteiger partial charge in [-0.15, -0.1) is 0 Å². The third-order valence-corrected chi connectivity index (χ3v) is 5.04. The van der Waals surface area contributed by atoms with Crippen LogP contribution >= 0.6 is 0 Å². The Morgan fingerprint density at radius 1 is 1.39 bits per heavy atom. The molecule has 2 amide bonds. The van der Waals surface area contributed by atoms with Gasteiger partial charge in [-0.2, -0.15) is 0 Å². The molecular formula is C15H23NO2. The number of amides is 2. The fourth-order valence-corrected chi connectivity index (χ4v) is 3.42. The minimum atomic E-state index is -0.312. The molecule has 2 atom stereocenters. The molecule has 0 aromatic rings. The van der Waals surface area contributed by atoms with Gasteiger partial charge in [0.05, 0.1) is 5.54 Å². The SMILES string of the molecule is CC(C)/C=C/C(=O)N1C(=O)[C@H]2CC[C@]1(C)C2(C)C. The van der Waals surface area contributed by atoms with Crippen LogP contribution in [0.2, 0.25) is 0 Å². The summed E-state index contributed by atoms with van der Waals surface area (Å²) in [4.78, 5) is 26.1. The summed E-state index contributed by atoms with van der Waals surface area (Å²) >= 11 is 0. The Labute approximate surface area is 109 Å². The first-order chi connectivity index (χ1) is 8.22. The van der Waals surface area contributed by atoms with Gasteiger partial charge in [0.25, 0.3) is 5.91 Å². The Morgan fingerprint density at radius 3 is 2.44 bits per heavy atom. The van der Waals surface area contributed by atoms with E-state index in [2.05, 4.69) is 20.8 Å². The largest absolute Gasteiger partial charge is 0.274 e. The first-order valence-electron chi connectivity index (χ1n) is 6.78. The maximum atomic E-state index is 12.3. The van der Waals surface area contributed by atoms with E-state index in [1.165, 1.54) is 4.90 Å². The Balaban J connectivity index is 2.31. The molecular weight excluding hydrogens is 226 g/mol. The normalized spacial score (nSPS) is 34.0. The summed E-state index contributed by atoms with van der Waals surface area (Å²) < 4.78 is 0. The van der Waals surface area contributed by atoms with Crippen LogP contribution in [0.1, 0.15) is 47.5 Å². The van der Waals surface area contributed by atoms with Crippen molar-refractivity contribution in [1.82, 2.24) is 4.90 Å². The van der Waals surface area contributed by atoms with Crippen LogP contribution in [0.3, 0.4) is 0 Å². The molecule has 0 unspecified atom stereocenters. The average molecular weight is 249 g/mol. The number of fused-ring (bicyclic) bond motifs is 2. The highest BCUT2D eigenvalue weighted by Crippen LogP contribution is 2.59. The third kappa shape index (κ3) is 1.56. The number of piperidine rings is 1. The molecule has 18 heavy (non-hydrogen) atoms.